The van der Waals surface area contributed by atoms with Gasteiger partial charge in [0.15, 0.2) is 0 Å². The van der Waals surface area contributed by atoms with Crippen LogP contribution in [0.3, 0.4) is 0 Å². The Balaban J connectivity index is 1.97. The number of hydrogen-bond acceptors (Lipinski definition) is 3. The van der Waals surface area contributed by atoms with Gasteiger partial charge in [0.1, 0.15) is 5.75 Å². The third-order valence-electron chi connectivity index (χ3n) is 3.09. The van der Waals surface area contributed by atoms with Crippen molar-refractivity contribution in [3.63, 3.8) is 0 Å². The van der Waals surface area contributed by atoms with Crippen molar-refractivity contribution in [2.24, 2.45) is 0 Å². The Bertz CT molecular complexity index is 686. The average molecular weight is 377 g/mol. The van der Waals surface area contributed by atoms with E-state index in [0.29, 0.717) is 11.4 Å². The van der Waals surface area contributed by atoms with Gasteiger partial charge in [0.25, 0.3) is 0 Å². The van der Waals surface area contributed by atoms with E-state index in [2.05, 4.69) is 26.6 Å². The van der Waals surface area contributed by atoms with Crippen LogP contribution in [0.25, 0.3) is 0 Å². The van der Waals surface area contributed by atoms with E-state index in [9.17, 15) is 4.79 Å². The van der Waals surface area contributed by atoms with Crippen molar-refractivity contribution in [2.75, 3.05) is 17.2 Å². The summed E-state index contributed by atoms with van der Waals surface area (Å²) >= 11 is 3.49. The first kappa shape index (κ1) is 17.3. The summed E-state index contributed by atoms with van der Waals surface area (Å²) in [7, 11) is 0. The van der Waals surface area contributed by atoms with Crippen LogP contribution in [0.2, 0.25) is 0 Å². The van der Waals surface area contributed by atoms with Crippen molar-refractivity contribution in [2.45, 2.75) is 26.9 Å². The minimum absolute atomic E-state index is 0.0506. The fourth-order valence-electron chi connectivity index (χ4n) is 2.06. The molecule has 0 bridgehead atoms. The van der Waals surface area contributed by atoms with Crippen LogP contribution >= 0.6 is 15.9 Å². The Morgan fingerprint density at radius 3 is 2.61 bits per heavy atom. The minimum Gasteiger partial charge on any atom is -0.489 e. The van der Waals surface area contributed by atoms with Gasteiger partial charge in [-0.05, 0) is 66.5 Å². The number of anilines is 2. The molecule has 0 aliphatic carbocycles. The summed E-state index contributed by atoms with van der Waals surface area (Å²) in [6.07, 6.45) is 0.0506. The van der Waals surface area contributed by atoms with Gasteiger partial charge in [-0.25, -0.2) is 0 Å². The van der Waals surface area contributed by atoms with Gasteiger partial charge < -0.3 is 15.4 Å². The number of benzene rings is 2. The molecule has 0 unspecified atom stereocenters. The molecule has 122 valence electrons. The molecule has 0 fully saturated rings. The average Bonchev–Trinajstić information content (AvgIpc) is 2.48. The molecule has 0 saturated heterocycles. The molecule has 0 spiro atoms. The lowest BCUT2D eigenvalue weighted by molar-refractivity contribution is -0.114. The number of amides is 1. The molecular formula is C18H21BrN2O2. The van der Waals surface area contributed by atoms with Gasteiger partial charge in [0.05, 0.1) is 18.3 Å². The fourth-order valence-corrected chi connectivity index (χ4v) is 2.69. The third kappa shape index (κ3) is 5.28. The molecule has 0 atom stereocenters. The molecule has 1 amide bonds. The highest BCUT2D eigenvalue weighted by molar-refractivity contribution is 9.10. The normalized spacial score (nSPS) is 10.5. The second-order valence-electron chi connectivity index (χ2n) is 5.55. The molecule has 0 aliphatic rings. The smallest absolute Gasteiger partial charge is 0.243 e. The zero-order valence-corrected chi connectivity index (χ0v) is 15.1. The first-order chi connectivity index (χ1) is 11.0. The second-order valence-corrected chi connectivity index (χ2v) is 6.40. The summed E-state index contributed by atoms with van der Waals surface area (Å²) in [5, 5.41) is 6.00. The zero-order valence-electron chi connectivity index (χ0n) is 13.5. The number of ether oxygens (including phenoxy) is 1. The van der Waals surface area contributed by atoms with E-state index in [-0.39, 0.29) is 18.6 Å². The van der Waals surface area contributed by atoms with Crippen molar-refractivity contribution in [1.82, 2.24) is 0 Å². The van der Waals surface area contributed by atoms with Crippen molar-refractivity contribution in [3.05, 3.63) is 52.5 Å². The summed E-state index contributed by atoms with van der Waals surface area (Å²) < 4.78 is 6.64. The van der Waals surface area contributed by atoms with Gasteiger partial charge in [-0.15, -0.1) is 0 Å². The van der Waals surface area contributed by atoms with Crippen molar-refractivity contribution in [1.29, 1.82) is 0 Å². The third-order valence-corrected chi connectivity index (χ3v) is 3.74. The van der Waals surface area contributed by atoms with Crippen LogP contribution in [-0.4, -0.2) is 18.6 Å². The summed E-state index contributed by atoms with van der Waals surface area (Å²) in [5.74, 6) is 0.546. The van der Waals surface area contributed by atoms with Crippen molar-refractivity contribution < 1.29 is 9.53 Å². The Hall–Kier alpha value is -2.01. The molecule has 0 saturated carbocycles. The number of nitrogens with one attached hydrogen (secondary N) is 2. The SMILES string of the molecule is Cc1ccc(NCC(=O)Nc2ccccc2OC(C)C)c(Br)c1. The van der Waals surface area contributed by atoms with E-state index in [1.807, 2.05) is 63.2 Å². The topological polar surface area (TPSA) is 50.4 Å². The summed E-state index contributed by atoms with van der Waals surface area (Å²) in [6, 6.07) is 13.4. The molecule has 2 aromatic carbocycles. The molecule has 4 nitrogen and oxygen atoms in total. The quantitative estimate of drug-likeness (QED) is 0.774. The van der Waals surface area contributed by atoms with Crippen molar-refractivity contribution in [3.8, 4) is 5.75 Å². The van der Waals surface area contributed by atoms with Gasteiger partial charge in [-0.1, -0.05) is 18.2 Å². The Labute approximate surface area is 145 Å². The van der Waals surface area contributed by atoms with Crippen LogP contribution in [-0.2, 0) is 4.79 Å². The highest BCUT2D eigenvalue weighted by Crippen LogP contribution is 2.25. The predicted octanol–water partition coefficient (Wildman–Crippen LogP) is 4.60. The monoisotopic (exact) mass is 376 g/mol. The van der Waals surface area contributed by atoms with Crippen LogP contribution in [0.4, 0.5) is 11.4 Å². The maximum absolute atomic E-state index is 12.2. The molecule has 0 radical (unpaired) electrons. The maximum Gasteiger partial charge on any atom is 0.243 e. The number of hydrogen-bond donors (Lipinski definition) is 2. The summed E-state index contributed by atoms with van der Waals surface area (Å²) in [5.41, 5.74) is 2.72. The number of carbonyl (C=O) groups is 1. The second kappa shape index (κ2) is 8.02. The fraction of sp³-hybridized carbons (Fsp3) is 0.278. The van der Waals surface area contributed by atoms with Crippen LogP contribution < -0.4 is 15.4 Å². The largest absolute Gasteiger partial charge is 0.489 e. The summed E-state index contributed by atoms with van der Waals surface area (Å²) in [4.78, 5) is 12.2. The molecule has 0 aliphatic heterocycles. The number of halogens is 1. The van der Waals surface area contributed by atoms with Gasteiger partial charge in [0, 0.05) is 10.2 Å². The number of carbonyl (C=O) groups excluding carboxylic acids is 1. The van der Waals surface area contributed by atoms with Crippen molar-refractivity contribution >= 4 is 33.2 Å². The molecule has 0 heterocycles. The van der Waals surface area contributed by atoms with E-state index in [1.54, 1.807) is 0 Å². The lowest BCUT2D eigenvalue weighted by Gasteiger charge is -2.15. The number of rotatable bonds is 6. The lowest BCUT2D eigenvalue weighted by atomic mass is 10.2. The van der Waals surface area contributed by atoms with Gasteiger partial charge in [-0.3, -0.25) is 4.79 Å². The van der Waals surface area contributed by atoms with Gasteiger partial charge >= 0.3 is 0 Å². The Morgan fingerprint density at radius 2 is 1.91 bits per heavy atom. The van der Waals surface area contributed by atoms with E-state index in [4.69, 9.17) is 4.74 Å². The molecular weight excluding hydrogens is 356 g/mol. The molecule has 2 rings (SSSR count). The molecule has 0 aromatic heterocycles. The first-order valence-corrected chi connectivity index (χ1v) is 8.30. The first-order valence-electron chi connectivity index (χ1n) is 7.51. The Kier molecular flexibility index (Phi) is 6.04. The molecule has 2 N–H and O–H groups in total. The van der Waals surface area contributed by atoms with E-state index in [1.165, 1.54) is 0 Å². The van der Waals surface area contributed by atoms with Crippen LogP contribution in [0, 0.1) is 6.92 Å². The van der Waals surface area contributed by atoms with E-state index >= 15 is 0 Å². The number of para-hydroxylation sites is 2. The highest BCUT2D eigenvalue weighted by Gasteiger charge is 2.09. The summed E-state index contributed by atoms with van der Waals surface area (Å²) in [6.45, 7) is 6.11. The predicted molar refractivity (Wildman–Crippen MR) is 98.2 cm³/mol. The lowest BCUT2D eigenvalue weighted by Crippen LogP contribution is -2.22. The van der Waals surface area contributed by atoms with E-state index in [0.717, 1.165) is 15.7 Å². The minimum atomic E-state index is -0.128. The van der Waals surface area contributed by atoms with Crippen LogP contribution in [0.15, 0.2) is 46.9 Å². The van der Waals surface area contributed by atoms with E-state index < -0.39 is 0 Å². The molecule has 2 aromatic rings. The highest BCUT2D eigenvalue weighted by atomic mass is 79.9. The standard InChI is InChI=1S/C18H21BrN2O2/c1-12(2)23-17-7-5-4-6-16(17)21-18(22)11-20-15-9-8-13(3)10-14(15)19/h4-10,12,20H,11H2,1-3H3,(H,21,22). The molecule has 23 heavy (non-hydrogen) atoms. The van der Waals surface area contributed by atoms with Gasteiger partial charge in [0.2, 0.25) is 5.91 Å². The zero-order chi connectivity index (χ0) is 16.8. The number of aryl methyl sites for hydroxylation is 1. The Morgan fingerprint density at radius 1 is 1.17 bits per heavy atom. The molecule has 5 heteroatoms. The van der Waals surface area contributed by atoms with Crippen LogP contribution in [0.5, 0.6) is 5.75 Å². The van der Waals surface area contributed by atoms with Gasteiger partial charge in [-0.2, -0.15) is 0 Å². The maximum atomic E-state index is 12.2. The van der Waals surface area contributed by atoms with Crippen LogP contribution in [0.1, 0.15) is 19.4 Å².